The number of para-hydroxylation sites is 1. The van der Waals surface area contributed by atoms with Crippen molar-refractivity contribution in [1.82, 2.24) is 14.6 Å². The minimum atomic E-state index is -0.543. The molecule has 0 saturated heterocycles. The van der Waals surface area contributed by atoms with E-state index in [1.165, 1.54) is 15.6 Å². The smallest absolute Gasteiger partial charge is 0.283 e. The molecule has 0 bridgehead atoms. The minimum Gasteiger partial charge on any atom is -0.283 e. The summed E-state index contributed by atoms with van der Waals surface area (Å²) in [4.78, 5) is 23.7. The van der Waals surface area contributed by atoms with E-state index in [1.807, 2.05) is 30.3 Å². The van der Waals surface area contributed by atoms with Gasteiger partial charge in [0.15, 0.2) is 0 Å². The van der Waals surface area contributed by atoms with Crippen molar-refractivity contribution >= 4 is 0 Å². The van der Waals surface area contributed by atoms with Crippen molar-refractivity contribution in [2.45, 2.75) is 6.92 Å². The van der Waals surface area contributed by atoms with Crippen LogP contribution in [0.5, 0.6) is 0 Å². The summed E-state index contributed by atoms with van der Waals surface area (Å²) < 4.78 is 9.16. The summed E-state index contributed by atoms with van der Waals surface area (Å²) in [5, 5.41) is 2.40. The number of H-pyrrole nitrogens is 1. The third kappa shape index (κ3) is 1.71. The molecule has 2 heterocycles. The number of benzene rings is 1. The Morgan fingerprint density at radius 2 is 1.90 bits per heavy atom. The Bertz CT molecular complexity index is 867. The van der Waals surface area contributed by atoms with Crippen LogP contribution in [0.1, 0.15) is 5.69 Å². The molecule has 2 aromatic heterocycles. The van der Waals surface area contributed by atoms with E-state index >= 15 is 0 Å². The maximum Gasteiger partial charge on any atom is 0.427 e. The third-order valence-corrected chi connectivity index (χ3v) is 3.24. The van der Waals surface area contributed by atoms with E-state index in [4.69, 9.17) is 0 Å². The summed E-state index contributed by atoms with van der Waals surface area (Å²) in [6, 6.07) is 9.28. The van der Waals surface area contributed by atoms with Crippen LogP contribution in [0.15, 0.2) is 50.6 Å². The molecular formula is C13H13N4O3+. The second-order valence-corrected chi connectivity index (χ2v) is 4.42. The van der Waals surface area contributed by atoms with Gasteiger partial charge in [-0.05, 0) is 29.0 Å². The van der Waals surface area contributed by atoms with Crippen LogP contribution in [0, 0.1) is 6.92 Å². The lowest BCUT2D eigenvalue weighted by Crippen LogP contribution is -2.39. The maximum absolute atomic E-state index is 12.6. The Labute approximate surface area is 113 Å². The fraction of sp³-hybridized carbons (Fsp3) is 0.154. The quantitative estimate of drug-likeness (QED) is 0.670. The molecule has 0 saturated carbocycles. The van der Waals surface area contributed by atoms with Crippen molar-refractivity contribution in [3.8, 4) is 11.4 Å². The highest BCUT2D eigenvalue weighted by Crippen LogP contribution is 2.09. The lowest BCUT2D eigenvalue weighted by Gasteiger charge is -2.06. The van der Waals surface area contributed by atoms with Gasteiger partial charge in [-0.15, -0.1) is 0 Å². The molecule has 102 valence electrons. The predicted molar refractivity (Wildman–Crippen MR) is 70.2 cm³/mol. The van der Waals surface area contributed by atoms with Gasteiger partial charge in [0, 0.05) is 7.05 Å². The summed E-state index contributed by atoms with van der Waals surface area (Å²) in [5.41, 5.74) is 1.03. The summed E-state index contributed by atoms with van der Waals surface area (Å²) >= 11 is 0. The third-order valence-electron chi connectivity index (χ3n) is 3.24. The van der Waals surface area contributed by atoms with Crippen LogP contribution in [-0.4, -0.2) is 14.6 Å². The van der Waals surface area contributed by atoms with Crippen LogP contribution in [0.3, 0.4) is 0 Å². The topological polar surface area (TPSA) is 76.8 Å². The van der Waals surface area contributed by atoms with Crippen molar-refractivity contribution < 1.29 is 9.20 Å². The van der Waals surface area contributed by atoms with Gasteiger partial charge in [0.05, 0.1) is 5.69 Å². The van der Waals surface area contributed by atoms with E-state index in [9.17, 15) is 9.59 Å². The molecule has 3 aromatic rings. The molecule has 0 aliphatic heterocycles. The molecule has 7 heteroatoms. The normalized spacial score (nSPS) is 10.9. The Kier molecular flexibility index (Phi) is 2.67. The predicted octanol–water partition coefficient (Wildman–Crippen LogP) is 0.0424. The van der Waals surface area contributed by atoms with Gasteiger partial charge in [-0.2, -0.15) is 0 Å². The molecule has 0 spiro atoms. The van der Waals surface area contributed by atoms with Gasteiger partial charge in [-0.3, -0.25) is 14.0 Å². The van der Waals surface area contributed by atoms with Gasteiger partial charge in [0.2, 0.25) is 0 Å². The van der Waals surface area contributed by atoms with E-state index < -0.39 is 5.63 Å². The first-order valence-electron chi connectivity index (χ1n) is 6.04. The molecule has 0 aliphatic carbocycles. The zero-order valence-corrected chi connectivity index (χ0v) is 11.0. The van der Waals surface area contributed by atoms with Gasteiger partial charge >= 0.3 is 16.9 Å². The molecule has 1 aromatic carbocycles. The van der Waals surface area contributed by atoms with E-state index in [2.05, 4.69) is 9.79 Å². The monoisotopic (exact) mass is 273 g/mol. The fourth-order valence-corrected chi connectivity index (χ4v) is 2.19. The zero-order valence-electron chi connectivity index (χ0n) is 11.0. The van der Waals surface area contributed by atoms with E-state index in [1.54, 1.807) is 18.7 Å². The van der Waals surface area contributed by atoms with Crippen LogP contribution >= 0.6 is 0 Å². The van der Waals surface area contributed by atoms with Gasteiger partial charge in [-0.25, -0.2) is 9.48 Å². The van der Waals surface area contributed by atoms with E-state index in [0.717, 1.165) is 5.69 Å². The molecule has 20 heavy (non-hydrogen) atoms. The largest absolute Gasteiger partial charge is 0.427 e. The van der Waals surface area contributed by atoms with Crippen molar-refractivity contribution in [3.05, 3.63) is 63.0 Å². The van der Waals surface area contributed by atoms with Crippen LogP contribution in [0.4, 0.5) is 0 Å². The van der Waals surface area contributed by atoms with Gasteiger partial charge < -0.3 is 0 Å². The van der Waals surface area contributed by atoms with Crippen molar-refractivity contribution in [3.63, 3.8) is 0 Å². The summed E-state index contributed by atoms with van der Waals surface area (Å²) in [5.74, 6) is 0. The summed E-state index contributed by atoms with van der Waals surface area (Å²) in [6.07, 6.45) is 1.19. The van der Waals surface area contributed by atoms with Gasteiger partial charge in [0.1, 0.15) is 5.69 Å². The Hall–Kier alpha value is -2.83. The highest BCUT2D eigenvalue weighted by atomic mass is 16.5. The minimum absolute atomic E-state index is 0.238. The van der Waals surface area contributed by atoms with E-state index in [0.29, 0.717) is 11.4 Å². The molecule has 0 unspecified atom stereocenters. The Morgan fingerprint density at radius 1 is 1.20 bits per heavy atom. The average molecular weight is 273 g/mol. The molecule has 3 rings (SSSR count). The summed E-state index contributed by atoms with van der Waals surface area (Å²) in [6.45, 7) is 1.80. The number of hydrogen-bond donors (Lipinski definition) is 1. The molecule has 0 amide bonds. The van der Waals surface area contributed by atoms with Crippen LogP contribution in [-0.2, 0) is 7.05 Å². The van der Waals surface area contributed by atoms with E-state index in [-0.39, 0.29) is 5.56 Å². The molecular weight excluding hydrogens is 260 g/mol. The van der Waals surface area contributed by atoms with Crippen molar-refractivity contribution in [1.29, 1.82) is 0 Å². The second kappa shape index (κ2) is 4.37. The molecule has 0 aliphatic rings. The fourth-order valence-electron chi connectivity index (χ4n) is 2.19. The van der Waals surface area contributed by atoms with Crippen LogP contribution in [0.25, 0.3) is 11.4 Å². The Balaban J connectivity index is 2.30. The number of nitrogens with zero attached hydrogens (tertiary/aromatic N) is 3. The molecule has 1 N–H and O–H groups in total. The molecule has 7 nitrogen and oxygen atoms in total. The van der Waals surface area contributed by atoms with Gasteiger partial charge in [-0.1, -0.05) is 18.2 Å². The van der Waals surface area contributed by atoms with Crippen molar-refractivity contribution in [2.75, 3.05) is 0 Å². The number of aromatic nitrogens is 4. The number of aromatic amines is 1. The molecule has 0 atom stereocenters. The zero-order chi connectivity index (χ0) is 14.3. The van der Waals surface area contributed by atoms with Crippen LogP contribution < -0.4 is 15.9 Å². The standard InChI is InChI=1S/C13H12N4O3/c1-9-12(16-8-11(18)20-14-16)13(19)17(15(9)2)10-6-4-3-5-7-10/h3-8H,1-2H3/p+1. The lowest BCUT2D eigenvalue weighted by molar-refractivity contribution is -0.671. The highest BCUT2D eigenvalue weighted by molar-refractivity contribution is 5.35. The van der Waals surface area contributed by atoms with Crippen molar-refractivity contribution in [2.24, 2.45) is 7.05 Å². The molecule has 0 fully saturated rings. The first-order chi connectivity index (χ1) is 9.59. The number of hydrogen-bond acceptors (Lipinski definition) is 3. The first kappa shape index (κ1) is 12.2. The van der Waals surface area contributed by atoms with Crippen LogP contribution in [0.2, 0.25) is 0 Å². The highest BCUT2D eigenvalue weighted by Gasteiger charge is 2.26. The summed E-state index contributed by atoms with van der Waals surface area (Å²) in [7, 11) is 1.78. The number of nitrogens with one attached hydrogen (secondary N) is 1. The first-order valence-corrected chi connectivity index (χ1v) is 6.04. The second-order valence-electron chi connectivity index (χ2n) is 4.42. The average Bonchev–Trinajstić information content (AvgIpc) is 2.94. The number of rotatable bonds is 2. The molecule has 0 radical (unpaired) electrons. The lowest BCUT2D eigenvalue weighted by atomic mass is 10.3. The Morgan fingerprint density at radius 3 is 2.50 bits per heavy atom. The maximum atomic E-state index is 12.6. The SMILES string of the molecule is Cc1c(-[n+]2cc(=O)o[nH]2)c(=O)n(-c2ccccc2)n1C. The van der Waals surface area contributed by atoms with Gasteiger partial charge in [0.25, 0.3) is 6.20 Å².